The van der Waals surface area contributed by atoms with E-state index in [1.165, 1.54) is 0 Å². The van der Waals surface area contributed by atoms with Crippen molar-refractivity contribution in [3.63, 3.8) is 0 Å². The van der Waals surface area contributed by atoms with Crippen molar-refractivity contribution in [2.45, 2.75) is 0 Å². The van der Waals surface area contributed by atoms with Crippen molar-refractivity contribution in [3.05, 3.63) is 72.6 Å². The van der Waals surface area contributed by atoms with Crippen molar-refractivity contribution in [2.75, 3.05) is 5.32 Å². The van der Waals surface area contributed by atoms with Crippen LogP contribution in [0.25, 0.3) is 21.8 Å². The highest BCUT2D eigenvalue weighted by atomic mass is 16.1. The number of aromatic nitrogens is 2. The van der Waals surface area contributed by atoms with Crippen LogP contribution >= 0.6 is 0 Å². The molecule has 4 rings (SSSR count). The van der Waals surface area contributed by atoms with Crippen molar-refractivity contribution in [1.29, 1.82) is 0 Å². The summed E-state index contributed by atoms with van der Waals surface area (Å²) in [7, 11) is 1.90. The number of pyridine rings is 1. The van der Waals surface area contributed by atoms with Gasteiger partial charge in [-0.2, -0.15) is 0 Å². The Morgan fingerprint density at radius 2 is 1.78 bits per heavy atom. The zero-order valence-corrected chi connectivity index (χ0v) is 12.7. The molecule has 4 heteroatoms. The fraction of sp³-hybridized carbons (Fsp3) is 0.0526. The summed E-state index contributed by atoms with van der Waals surface area (Å²) in [6, 6.07) is 19.5. The molecule has 0 fully saturated rings. The fourth-order valence-electron chi connectivity index (χ4n) is 2.90. The third-order valence-corrected chi connectivity index (χ3v) is 4.07. The first-order valence-corrected chi connectivity index (χ1v) is 7.43. The molecule has 1 N–H and O–H groups in total. The van der Waals surface area contributed by atoms with E-state index in [9.17, 15) is 4.79 Å². The van der Waals surface area contributed by atoms with E-state index in [0.717, 1.165) is 27.5 Å². The predicted molar refractivity (Wildman–Crippen MR) is 92.6 cm³/mol. The largest absolute Gasteiger partial charge is 0.340 e. The topological polar surface area (TPSA) is 46.9 Å². The molecule has 0 aliphatic rings. The Bertz CT molecular complexity index is 1030. The number of benzene rings is 2. The molecule has 0 saturated heterocycles. The Labute approximate surface area is 133 Å². The van der Waals surface area contributed by atoms with Gasteiger partial charge in [0.25, 0.3) is 5.91 Å². The smallest absolute Gasteiger partial charge is 0.272 e. The first-order valence-electron chi connectivity index (χ1n) is 7.43. The van der Waals surface area contributed by atoms with Crippen LogP contribution < -0.4 is 5.32 Å². The predicted octanol–water partition coefficient (Wildman–Crippen LogP) is 3.98. The minimum absolute atomic E-state index is 0.137. The molecular weight excluding hydrogens is 286 g/mol. The number of carbonyl (C=O) groups is 1. The molecule has 0 aliphatic heterocycles. The molecule has 4 nitrogen and oxygen atoms in total. The molecule has 0 radical (unpaired) electrons. The van der Waals surface area contributed by atoms with Crippen molar-refractivity contribution in [1.82, 2.24) is 9.55 Å². The molecule has 4 aromatic rings. The van der Waals surface area contributed by atoms with Gasteiger partial charge in [-0.25, -0.2) is 0 Å². The number of aryl methyl sites for hydroxylation is 1. The van der Waals surface area contributed by atoms with E-state index in [4.69, 9.17) is 0 Å². The molecule has 0 atom stereocenters. The number of anilines is 1. The van der Waals surface area contributed by atoms with Crippen molar-refractivity contribution >= 4 is 33.4 Å². The van der Waals surface area contributed by atoms with Crippen LogP contribution in [0.1, 0.15) is 10.5 Å². The third-order valence-electron chi connectivity index (χ3n) is 4.07. The maximum absolute atomic E-state index is 12.7. The van der Waals surface area contributed by atoms with Crippen LogP contribution in [0.4, 0.5) is 5.69 Å². The number of carbonyl (C=O) groups excluding carboxylic acids is 1. The van der Waals surface area contributed by atoms with Crippen LogP contribution in [0, 0.1) is 0 Å². The standard InChI is InChI=1S/C19H15N3O/c1-22-16-10-3-2-6-14(16)12-17(22)19(23)21-15-9-4-7-13-8-5-11-20-18(13)15/h2-12H,1H3,(H,21,23). The number of hydrogen-bond acceptors (Lipinski definition) is 2. The molecule has 0 unspecified atom stereocenters. The first kappa shape index (κ1) is 13.5. The van der Waals surface area contributed by atoms with E-state index in [2.05, 4.69) is 10.3 Å². The first-order chi connectivity index (χ1) is 11.2. The number of rotatable bonds is 2. The van der Waals surface area contributed by atoms with Gasteiger partial charge in [-0.15, -0.1) is 0 Å². The zero-order chi connectivity index (χ0) is 15.8. The number of hydrogen-bond donors (Lipinski definition) is 1. The van der Waals surface area contributed by atoms with E-state index in [0.29, 0.717) is 5.69 Å². The van der Waals surface area contributed by atoms with Gasteiger partial charge in [0.05, 0.1) is 11.2 Å². The maximum atomic E-state index is 12.7. The van der Waals surface area contributed by atoms with Crippen LogP contribution in [0.2, 0.25) is 0 Å². The molecule has 23 heavy (non-hydrogen) atoms. The van der Waals surface area contributed by atoms with Gasteiger partial charge in [-0.3, -0.25) is 9.78 Å². The highest BCUT2D eigenvalue weighted by Gasteiger charge is 2.14. The lowest BCUT2D eigenvalue weighted by Gasteiger charge is -2.08. The van der Waals surface area contributed by atoms with E-state index in [1.54, 1.807) is 6.20 Å². The number of nitrogens with zero attached hydrogens (tertiary/aromatic N) is 2. The Balaban J connectivity index is 1.75. The molecule has 0 aliphatic carbocycles. The van der Waals surface area contributed by atoms with Crippen molar-refractivity contribution in [3.8, 4) is 0 Å². The van der Waals surface area contributed by atoms with Crippen LogP contribution in [0.3, 0.4) is 0 Å². The van der Waals surface area contributed by atoms with Crippen LogP contribution in [0.5, 0.6) is 0 Å². The minimum atomic E-state index is -0.137. The normalized spacial score (nSPS) is 11.0. The SMILES string of the molecule is Cn1c(C(=O)Nc2cccc3cccnc23)cc2ccccc21. The van der Waals surface area contributed by atoms with Gasteiger partial charge in [-0.1, -0.05) is 36.4 Å². The van der Waals surface area contributed by atoms with Crippen LogP contribution in [0.15, 0.2) is 66.9 Å². The van der Waals surface area contributed by atoms with Gasteiger partial charge in [0, 0.05) is 29.5 Å². The zero-order valence-electron chi connectivity index (χ0n) is 12.7. The van der Waals surface area contributed by atoms with E-state index in [1.807, 2.05) is 72.3 Å². The summed E-state index contributed by atoms with van der Waals surface area (Å²) < 4.78 is 1.91. The van der Waals surface area contributed by atoms with Gasteiger partial charge in [0.1, 0.15) is 5.69 Å². The molecule has 0 bridgehead atoms. The van der Waals surface area contributed by atoms with Crippen molar-refractivity contribution < 1.29 is 4.79 Å². The fourth-order valence-corrected chi connectivity index (χ4v) is 2.90. The quantitative estimate of drug-likeness (QED) is 0.609. The lowest BCUT2D eigenvalue weighted by atomic mass is 10.2. The lowest BCUT2D eigenvalue weighted by Crippen LogP contribution is -2.15. The van der Waals surface area contributed by atoms with Gasteiger partial charge in [0.15, 0.2) is 0 Å². The summed E-state index contributed by atoms with van der Waals surface area (Å²) in [5, 5.41) is 5.03. The Kier molecular flexibility index (Phi) is 3.08. The number of para-hydroxylation sites is 2. The highest BCUT2D eigenvalue weighted by molar-refractivity contribution is 6.09. The average molecular weight is 301 g/mol. The summed E-state index contributed by atoms with van der Waals surface area (Å²) in [5.74, 6) is -0.137. The summed E-state index contributed by atoms with van der Waals surface area (Å²) in [5.41, 5.74) is 3.17. The molecular formula is C19H15N3O. The van der Waals surface area contributed by atoms with Gasteiger partial charge >= 0.3 is 0 Å². The molecule has 2 heterocycles. The van der Waals surface area contributed by atoms with Crippen LogP contribution in [-0.4, -0.2) is 15.5 Å². The maximum Gasteiger partial charge on any atom is 0.272 e. The number of amides is 1. The summed E-state index contributed by atoms with van der Waals surface area (Å²) >= 11 is 0. The average Bonchev–Trinajstić information content (AvgIpc) is 2.93. The second kappa shape index (κ2) is 5.25. The van der Waals surface area contributed by atoms with Gasteiger partial charge in [0.2, 0.25) is 0 Å². The molecule has 0 spiro atoms. The van der Waals surface area contributed by atoms with E-state index >= 15 is 0 Å². The molecule has 2 aromatic heterocycles. The second-order valence-corrected chi connectivity index (χ2v) is 5.48. The molecule has 2 aromatic carbocycles. The van der Waals surface area contributed by atoms with Crippen LogP contribution in [-0.2, 0) is 7.05 Å². The molecule has 0 saturated carbocycles. The lowest BCUT2D eigenvalue weighted by molar-refractivity contribution is 0.102. The Morgan fingerprint density at radius 1 is 1.00 bits per heavy atom. The van der Waals surface area contributed by atoms with E-state index in [-0.39, 0.29) is 5.91 Å². The monoisotopic (exact) mass is 301 g/mol. The summed E-state index contributed by atoms with van der Waals surface area (Å²) in [6.07, 6.45) is 1.73. The second-order valence-electron chi connectivity index (χ2n) is 5.48. The summed E-state index contributed by atoms with van der Waals surface area (Å²) in [6.45, 7) is 0. The number of fused-ring (bicyclic) bond motifs is 2. The summed E-state index contributed by atoms with van der Waals surface area (Å²) in [4.78, 5) is 17.1. The highest BCUT2D eigenvalue weighted by Crippen LogP contribution is 2.23. The molecule has 1 amide bonds. The Morgan fingerprint density at radius 3 is 2.65 bits per heavy atom. The number of nitrogens with one attached hydrogen (secondary N) is 1. The van der Waals surface area contributed by atoms with Gasteiger partial charge in [-0.05, 0) is 24.3 Å². The van der Waals surface area contributed by atoms with Crippen molar-refractivity contribution in [2.24, 2.45) is 7.05 Å². The third kappa shape index (κ3) is 2.25. The van der Waals surface area contributed by atoms with Gasteiger partial charge < -0.3 is 9.88 Å². The van der Waals surface area contributed by atoms with E-state index < -0.39 is 0 Å². The Hall–Kier alpha value is -3.14. The minimum Gasteiger partial charge on any atom is -0.340 e. The molecule has 112 valence electrons.